The van der Waals surface area contributed by atoms with Crippen LogP contribution in [0.15, 0.2) is 54.6 Å². The topological polar surface area (TPSA) is 49.4 Å². The molecule has 5 heteroatoms. The monoisotopic (exact) mass is 344 g/mol. The average Bonchev–Trinajstić information content (AvgIpc) is 2.60. The first kappa shape index (κ1) is 18.0. The molecule has 0 aromatic heterocycles. The van der Waals surface area contributed by atoms with Gasteiger partial charge in [0, 0.05) is 37.1 Å². The molecular weight excluding hydrogens is 324 g/mol. The molecule has 0 aliphatic heterocycles. The summed E-state index contributed by atoms with van der Waals surface area (Å²) in [4.78, 5) is 26.0. The van der Waals surface area contributed by atoms with Crippen LogP contribution in [0.3, 0.4) is 0 Å². The van der Waals surface area contributed by atoms with Gasteiger partial charge in [0.05, 0.1) is 0 Å². The molecule has 0 bridgehead atoms. The van der Waals surface area contributed by atoms with Crippen molar-refractivity contribution in [2.45, 2.75) is 19.4 Å². The highest BCUT2D eigenvalue weighted by Crippen LogP contribution is 2.14. The fourth-order valence-corrected chi connectivity index (χ4v) is 2.46. The quantitative estimate of drug-likeness (QED) is 0.774. The van der Waals surface area contributed by atoms with Gasteiger partial charge in [-0.3, -0.25) is 9.59 Å². The maximum atomic E-state index is 12.6. The summed E-state index contributed by atoms with van der Waals surface area (Å²) < 4.78 is 0. The van der Waals surface area contributed by atoms with Crippen molar-refractivity contribution in [3.63, 3.8) is 0 Å². The van der Waals surface area contributed by atoms with E-state index in [2.05, 4.69) is 5.32 Å². The second-order valence-corrected chi connectivity index (χ2v) is 5.95. The lowest BCUT2D eigenvalue weighted by Gasteiger charge is -2.18. The van der Waals surface area contributed by atoms with Gasteiger partial charge in [0.15, 0.2) is 0 Å². The van der Waals surface area contributed by atoms with Crippen LogP contribution >= 0.6 is 11.6 Å². The number of carbonyl (C=O) groups is 2. The van der Waals surface area contributed by atoms with Crippen LogP contribution in [0, 0.1) is 0 Å². The van der Waals surface area contributed by atoms with Crippen LogP contribution < -0.4 is 5.32 Å². The van der Waals surface area contributed by atoms with Gasteiger partial charge in [-0.15, -0.1) is 11.6 Å². The highest BCUT2D eigenvalue weighted by Gasteiger charge is 2.13. The fraction of sp³-hybridized carbons (Fsp3) is 0.263. The number of benzene rings is 2. The van der Waals surface area contributed by atoms with Crippen molar-refractivity contribution in [1.82, 2.24) is 4.90 Å². The molecule has 0 unspecified atom stereocenters. The van der Waals surface area contributed by atoms with Crippen LogP contribution in [-0.4, -0.2) is 29.6 Å². The number of nitrogens with one attached hydrogen (secondary N) is 1. The number of hydrogen-bond donors (Lipinski definition) is 1. The Bertz CT molecular complexity index is 689. The maximum absolute atomic E-state index is 12.6. The van der Waals surface area contributed by atoms with Crippen LogP contribution in [0.4, 0.5) is 5.69 Å². The molecule has 0 fully saturated rings. The molecule has 2 aromatic carbocycles. The third-order valence-electron chi connectivity index (χ3n) is 3.54. The predicted molar refractivity (Wildman–Crippen MR) is 97.3 cm³/mol. The predicted octanol–water partition coefficient (Wildman–Crippen LogP) is 3.92. The van der Waals surface area contributed by atoms with Gasteiger partial charge < -0.3 is 10.2 Å². The van der Waals surface area contributed by atoms with Crippen molar-refractivity contribution < 1.29 is 9.59 Å². The Labute approximate surface area is 147 Å². The largest absolute Gasteiger partial charge is 0.337 e. The Morgan fingerprint density at radius 2 is 1.83 bits per heavy atom. The minimum atomic E-state index is -0.0992. The summed E-state index contributed by atoms with van der Waals surface area (Å²) >= 11 is 5.59. The highest BCUT2D eigenvalue weighted by atomic mass is 35.5. The van der Waals surface area contributed by atoms with Gasteiger partial charge in [-0.25, -0.2) is 0 Å². The first-order valence-corrected chi connectivity index (χ1v) is 8.39. The molecule has 24 heavy (non-hydrogen) atoms. The summed E-state index contributed by atoms with van der Waals surface area (Å²) in [5, 5.41) is 2.79. The molecule has 0 aliphatic carbocycles. The molecule has 0 radical (unpaired) electrons. The van der Waals surface area contributed by atoms with E-state index in [-0.39, 0.29) is 11.8 Å². The van der Waals surface area contributed by atoms with E-state index in [1.165, 1.54) is 0 Å². The van der Waals surface area contributed by atoms with Gasteiger partial charge in [-0.2, -0.15) is 0 Å². The van der Waals surface area contributed by atoms with Crippen molar-refractivity contribution in [3.05, 3.63) is 65.7 Å². The number of carbonyl (C=O) groups excluding carboxylic acids is 2. The van der Waals surface area contributed by atoms with E-state index in [1.807, 2.05) is 30.3 Å². The van der Waals surface area contributed by atoms with E-state index in [0.717, 1.165) is 5.56 Å². The molecule has 0 spiro atoms. The van der Waals surface area contributed by atoms with E-state index in [4.69, 9.17) is 11.6 Å². The minimum Gasteiger partial charge on any atom is -0.337 e. The summed E-state index contributed by atoms with van der Waals surface area (Å²) in [6.45, 7) is 0.534. The average molecular weight is 345 g/mol. The lowest BCUT2D eigenvalue weighted by molar-refractivity contribution is -0.116. The lowest BCUT2D eigenvalue weighted by Crippen LogP contribution is -2.26. The molecule has 0 saturated carbocycles. The van der Waals surface area contributed by atoms with Crippen LogP contribution in [0.2, 0.25) is 0 Å². The molecular formula is C19H21ClN2O2. The molecule has 0 saturated heterocycles. The Hall–Kier alpha value is -2.33. The van der Waals surface area contributed by atoms with E-state index < -0.39 is 0 Å². The molecule has 0 heterocycles. The second-order valence-electron chi connectivity index (χ2n) is 5.57. The number of anilines is 1. The number of alkyl halides is 1. The van der Waals surface area contributed by atoms with E-state index >= 15 is 0 Å². The highest BCUT2D eigenvalue weighted by molar-refractivity contribution is 6.18. The fourth-order valence-electron chi connectivity index (χ4n) is 2.33. The van der Waals surface area contributed by atoms with Gasteiger partial charge in [-0.05, 0) is 30.2 Å². The SMILES string of the molecule is CN(Cc1ccccc1)C(=O)c1cccc(NC(=O)CCCCl)c1. The van der Waals surface area contributed by atoms with Crippen LogP contribution in [0.1, 0.15) is 28.8 Å². The van der Waals surface area contributed by atoms with Gasteiger partial charge >= 0.3 is 0 Å². The summed E-state index contributed by atoms with van der Waals surface area (Å²) in [5.41, 5.74) is 2.23. The summed E-state index contributed by atoms with van der Waals surface area (Å²) in [7, 11) is 1.76. The van der Waals surface area contributed by atoms with Crippen molar-refractivity contribution in [2.24, 2.45) is 0 Å². The van der Waals surface area contributed by atoms with Crippen molar-refractivity contribution in [2.75, 3.05) is 18.2 Å². The van der Waals surface area contributed by atoms with Gasteiger partial charge in [0.25, 0.3) is 5.91 Å². The molecule has 4 nitrogen and oxygen atoms in total. The molecule has 126 valence electrons. The number of rotatable bonds is 7. The molecule has 2 amide bonds. The number of nitrogens with zero attached hydrogens (tertiary/aromatic N) is 1. The van der Waals surface area contributed by atoms with E-state index in [0.29, 0.717) is 36.5 Å². The Morgan fingerprint density at radius 3 is 2.54 bits per heavy atom. The summed E-state index contributed by atoms with van der Waals surface area (Å²) in [5.74, 6) is 0.268. The molecule has 2 rings (SSSR count). The standard InChI is InChI=1S/C19H21ClN2O2/c1-22(14-15-7-3-2-4-8-15)19(24)16-9-5-10-17(13-16)21-18(23)11-6-12-20/h2-5,7-10,13H,6,11-12,14H2,1H3,(H,21,23). The Balaban J connectivity index is 2.01. The molecule has 2 aromatic rings. The maximum Gasteiger partial charge on any atom is 0.253 e. The first-order valence-electron chi connectivity index (χ1n) is 7.85. The minimum absolute atomic E-state index is 0.0873. The van der Waals surface area contributed by atoms with Crippen LogP contribution in [-0.2, 0) is 11.3 Å². The summed E-state index contributed by atoms with van der Waals surface area (Å²) in [6.07, 6.45) is 1.00. The zero-order valence-corrected chi connectivity index (χ0v) is 14.4. The molecule has 0 atom stereocenters. The first-order chi connectivity index (χ1) is 11.6. The zero-order valence-electron chi connectivity index (χ0n) is 13.7. The zero-order chi connectivity index (χ0) is 17.4. The van der Waals surface area contributed by atoms with Gasteiger partial charge in [0.1, 0.15) is 0 Å². The van der Waals surface area contributed by atoms with Crippen molar-refractivity contribution in [1.29, 1.82) is 0 Å². The van der Waals surface area contributed by atoms with E-state index in [9.17, 15) is 9.59 Å². The van der Waals surface area contributed by atoms with Crippen LogP contribution in [0.5, 0.6) is 0 Å². The number of amides is 2. The normalized spacial score (nSPS) is 10.2. The molecule has 0 aliphatic rings. The Kier molecular flexibility index (Phi) is 6.82. The molecule has 1 N–H and O–H groups in total. The van der Waals surface area contributed by atoms with Gasteiger partial charge in [0.2, 0.25) is 5.91 Å². The lowest BCUT2D eigenvalue weighted by atomic mass is 10.1. The smallest absolute Gasteiger partial charge is 0.253 e. The third kappa shape index (κ3) is 5.39. The number of halogens is 1. The van der Waals surface area contributed by atoms with Crippen molar-refractivity contribution >= 4 is 29.1 Å². The third-order valence-corrected chi connectivity index (χ3v) is 3.81. The second kappa shape index (κ2) is 9.08. The van der Waals surface area contributed by atoms with Gasteiger partial charge in [-0.1, -0.05) is 36.4 Å². The Morgan fingerprint density at radius 1 is 1.08 bits per heavy atom. The van der Waals surface area contributed by atoms with Crippen LogP contribution in [0.25, 0.3) is 0 Å². The van der Waals surface area contributed by atoms with E-state index in [1.54, 1.807) is 36.2 Å². The number of hydrogen-bond acceptors (Lipinski definition) is 2. The summed E-state index contributed by atoms with van der Waals surface area (Å²) in [6, 6.07) is 16.8. The van der Waals surface area contributed by atoms with Crippen molar-refractivity contribution in [3.8, 4) is 0 Å².